The van der Waals surface area contributed by atoms with E-state index < -0.39 is 5.82 Å². The molecular formula is C19H20FN3O2S. The molecule has 1 N–H and O–H groups in total. The van der Waals surface area contributed by atoms with Gasteiger partial charge in [-0.25, -0.2) is 9.07 Å². The Morgan fingerprint density at radius 1 is 1.35 bits per heavy atom. The maximum absolute atomic E-state index is 13.6. The number of aryl methyl sites for hydroxylation is 1. The van der Waals surface area contributed by atoms with Gasteiger partial charge >= 0.3 is 0 Å². The summed E-state index contributed by atoms with van der Waals surface area (Å²) in [4.78, 5) is 13.1. The van der Waals surface area contributed by atoms with E-state index >= 15 is 0 Å². The number of amides is 1. The number of ether oxygens (including phenoxy) is 1. The lowest BCUT2D eigenvalue weighted by Gasteiger charge is -2.11. The standard InChI is InChI=1S/C19H20FN3O2S/c1-12(2)23-18(8-13(3)22-23)21-19(24)17-9-14(11-26-17)10-25-16-7-5-4-6-15(16)20/h4-9,11-12H,10H2,1-3H3,(H,21,24). The number of halogens is 1. The van der Waals surface area contributed by atoms with Crippen molar-refractivity contribution in [1.82, 2.24) is 9.78 Å². The van der Waals surface area contributed by atoms with Crippen LogP contribution in [0.3, 0.4) is 0 Å². The molecule has 0 saturated carbocycles. The normalized spacial score (nSPS) is 11.0. The number of carbonyl (C=O) groups is 1. The molecule has 0 radical (unpaired) electrons. The number of nitrogens with zero attached hydrogens (tertiary/aromatic N) is 2. The Hall–Kier alpha value is -2.67. The van der Waals surface area contributed by atoms with E-state index in [0.29, 0.717) is 10.7 Å². The molecule has 0 saturated heterocycles. The van der Waals surface area contributed by atoms with E-state index in [0.717, 1.165) is 11.3 Å². The average molecular weight is 373 g/mol. The minimum atomic E-state index is -0.405. The number of aromatic nitrogens is 2. The van der Waals surface area contributed by atoms with Gasteiger partial charge in [-0.05, 0) is 44.4 Å². The lowest BCUT2D eigenvalue weighted by Crippen LogP contribution is -2.15. The Morgan fingerprint density at radius 2 is 2.12 bits per heavy atom. The summed E-state index contributed by atoms with van der Waals surface area (Å²) < 4.78 is 20.8. The fourth-order valence-electron chi connectivity index (χ4n) is 2.47. The van der Waals surface area contributed by atoms with Gasteiger partial charge in [0.2, 0.25) is 0 Å². The van der Waals surface area contributed by atoms with Crippen LogP contribution < -0.4 is 10.1 Å². The Morgan fingerprint density at radius 3 is 2.85 bits per heavy atom. The zero-order valence-electron chi connectivity index (χ0n) is 14.8. The molecule has 7 heteroatoms. The maximum atomic E-state index is 13.6. The molecule has 26 heavy (non-hydrogen) atoms. The highest BCUT2D eigenvalue weighted by Crippen LogP contribution is 2.22. The lowest BCUT2D eigenvalue weighted by atomic mass is 10.3. The number of nitrogens with one attached hydrogen (secondary N) is 1. The number of benzene rings is 1. The zero-order chi connectivity index (χ0) is 18.7. The van der Waals surface area contributed by atoms with Gasteiger partial charge in [0, 0.05) is 17.7 Å². The largest absolute Gasteiger partial charge is 0.486 e. The van der Waals surface area contributed by atoms with Crippen molar-refractivity contribution in [3.05, 3.63) is 63.7 Å². The minimum absolute atomic E-state index is 0.145. The second kappa shape index (κ2) is 7.70. The van der Waals surface area contributed by atoms with Gasteiger partial charge in [0.1, 0.15) is 12.4 Å². The van der Waals surface area contributed by atoms with Crippen LogP contribution in [0.2, 0.25) is 0 Å². The van der Waals surface area contributed by atoms with Crippen LogP contribution in [0.1, 0.15) is 40.8 Å². The van der Waals surface area contributed by atoms with Crippen molar-refractivity contribution < 1.29 is 13.9 Å². The number of para-hydroxylation sites is 1. The highest BCUT2D eigenvalue weighted by molar-refractivity contribution is 7.12. The van der Waals surface area contributed by atoms with Gasteiger partial charge in [-0.3, -0.25) is 4.79 Å². The number of carbonyl (C=O) groups excluding carboxylic acids is 1. The van der Waals surface area contributed by atoms with Crippen molar-refractivity contribution in [2.45, 2.75) is 33.4 Å². The van der Waals surface area contributed by atoms with Crippen molar-refractivity contribution >= 4 is 23.1 Å². The molecule has 0 bridgehead atoms. The van der Waals surface area contributed by atoms with Crippen molar-refractivity contribution in [3.63, 3.8) is 0 Å². The summed E-state index contributed by atoms with van der Waals surface area (Å²) in [7, 11) is 0. The van der Waals surface area contributed by atoms with Gasteiger partial charge in [0.25, 0.3) is 5.91 Å². The smallest absolute Gasteiger partial charge is 0.266 e. The van der Waals surface area contributed by atoms with Crippen LogP contribution in [0, 0.1) is 12.7 Å². The molecule has 0 atom stereocenters. The summed E-state index contributed by atoms with van der Waals surface area (Å²) >= 11 is 1.32. The quantitative estimate of drug-likeness (QED) is 0.675. The summed E-state index contributed by atoms with van der Waals surface area (Å²) in [6.45, 7) is 6.10. The first kappa shape index (κ1) is 18.1. The summed E-state index contributed by atoms with van der Waals surface area (Å²) in [6, 6.07) is 9.99. The SMILES string of the molecule is Cc1cc(NC(=O)c2cc(COc3ccccc3F)cs2)n(C(C)C)n1. The average Bonchev–Trinajstić information content (AvgIpc) is 3.21. The summed E-state index contributed by atoms with van der Waals surface area (Å²) in [5, 5.41) is 9.11. The third-order valence-electron chi connectivity index (χ3n) is 3.70. The van der Waals surface area contributed by atoms with Crippen LogP contribution in [-0.4, -0.2) is 15.7 Å². The first-order valence-electron chi connectivity index (χ1n) is 8.26. The lowest BCUT2D eigenvalue weighted by molar-refractivity contribution is 0.102. The third kappa shape index (κ3) is 4.11. The molecule has 3 rings (SSSR count). The molecule has 0 unspecified atom stereocenters. The van der Waals surface area contributed by atoms with Crippen molar-refractivity contribution in [2.75, 3.05) is 5.32 Å². The fourth-order valence-corrected chi connectivity index (χ4v) is 3.27. The molecular weight excluding hydrogens is 353 g/mol. The van der Waals surface area contributed by atoms with Gasteiger partial charge in [-0.15, -0.1) is 11.3 Å². The number of thiophene rings is 1. The molecule has 0 aliphatic heterocycles. The van der Waals surface area contributed by atoms with Crippen LogP contribution in [-0.2, 0) is 6.61 Å². The Labute approximate surface area is 155 Å². The number of rotatable bonds is 6. The molecule has 0 aliphatic carbocycles. The predicted octanol–water partition coefficient (Wildman–Crippen LogP) is 4.80. The van der Waals surface area contributed by atoms with E-state index in [4.69, 9.17) is 4.74 Å². The number of hydrogen-bond acceptors (Lipinski definition) is 4. The van der Waals surface area contributed by atoms with Crippen LogP contribution >= 0.6 is 11.3 Å². The van der Waals surface area contributed by atoms with Crippen molar-refractivity contribution in [3.8, 4) is 5.75 Å². The summed E-state index contributed by atoms with van der Waals surface area (Å²) in [5.74, 6) is 0.257. The van der Waals surface area contributed by atoms with Gasteiger partial charge in [0.05, 0.1) is 10.6 Å². The topological polar surface area (TPSA) is 56.1 Å². The second-order valence-corrected chi connectivity index (χ2v) is 7.11. The zero-order valence-corrected chi connectivity index (χ0v) is 15.6. The van der Waals surface area contributed by atoms with E-state index in [1.807, 2.05) is 32.2 Å². The second-order valence-electron chi connectivity index (χ2n) is 6.20. The van der Waals surface area contributed by atoms with Gasteiger partial charge in [-0.2, -0.15) is 5.10 Å². The molecule has 0 fully saturated rings. The first-order valence-corrected chi connectivity index (χ1v) is 9.14. The van der Waals surface area contributed by atoms with Crippen molar-refractivity contribution in [1.29, 1.82) is 0 Å². The van der Waals surface area contributed by atoms with Crippen LogP contribution in [0.5, 0.6) is 5.75 Å². The van der Waals surface area contributed by atoms with Crippen LogP contribution in [0.15, 0.2) is 41.8 Å². The maximum Gasteiger partial charge on any atom is 0.266 e. The van der Waals surface area contributed by atoms with E-state index in [9.17, 15) is 9.18 Å². The molecule has 5 nitrogen and oxygen atoms in total. The molecule has 1 amide bonds. The minimum Gasteiger partial charge on any atom is -0.486 e. The predicted molar refractivity (Wildman–Crippen MR) is 100 cm³/mol. The first-order chi connectivity index (χ1) is 12.4. The number of anilines is 1. The van der Waals surface area contributed by atoms with E-state index in [-0.39, 0.29) is 24.3 Å². The van der Waals surface area contributed by atoms with E-state index in [1.54, 1.807) is 28.9 Å². The highest BCUT2D eigenvalue weighted by atomic mass is 32.1. The Bertz CT molecular complexity index is 917. The van der Waals surface area contributed by atoms with Crippen LogP contribution in [0.25, 0.3) is 0 Å². The fraction of sp³-hybridized carbons (Fsp3) is 0.263. The van der Waals surface area contributed by atoms with Crippen molar-refractivity contribution in [2.24, 2.45) is 0 Å². The van der Waals surface area contributed by atoms with E-state index in [2.05, 4.69) is 10.4 Å². The molecule has 1 aromatic carbocycles. The van der Waals surface area contributed by atoms with Gasteiger partial charge in [0.15, 0.2) is 11.6 Å². The Balaban J connectivity index is 1.66. The molecule has 2 heterocycles. The molecule has 0 spiro atoms. The third-order valence-corrected chi connectivity index (χ3v) is 4.67. The number of hydrogen-bond donors (Lipinski definition) is 1. The van der Waals surface area contributed by atoms with E-state index in [1.165, 1.54) is 17.4 Å². The monoisotopic (exact) mass is 373 g/mol. The molecule has 0 aliphatic rings. The molecule has 2 aromatic heterocycles. The van der Waals surface area contributed by atoms with Crippen LogP contribution in [0.4, 0.5) is 10.2 Å². The Kier molecular flexibility index (Phi) is 5.37. The van der Waals surface area contributed by atoms with Gasteiger partial charge < -0.3 is 10.1 Å². The van der Waals surface area contributed by atoms with Gasteiger partial charge in [-0.1, -0.05) is 12.1 Å². The summed E-state index contributed by atoms with van der Waals surface area (Å²) in [5.41, 5.74) is 1.66. The summed E-state index contributed by atoms with van der Waals surface area (Å²) in [6.07, 6.45) is 0. The molecule has 136 valence electrons. The molecule has 3 aromatic rings. The highest BCUT2D eigenvalue weighted by Gasteiger charge is 2.15.